The number of ether oxygens (including phenoxy) is 2. The van der Waals surface area contributed by atoms with Crippen LogP contribution in [0.2, 0.25) is 0 Å². The van der Waals surface area contributed by atoms with E-state index in [-0.39, 0.29) is 29.9 Å². The lowest BCUT2D eigenvalue weighted by atomic mass is 9.95. The number of rotatable bonds is 8. The molecule has 1 aliphatic rings. The number of nitrogens with one attached hydrogen (secondary N) is 2. The first kappa shape index (κ1) is 22.3. The zero-order valence-corrected chi connectivity index (χ0v) is 17.8. The molecule has 0 unspecified atom stereocenters. The minimum Gasteiger partial charge on any atom is -0.493 e. The summed E-state index contributed by atoms with van der Waals surface area (Å²) >= 11 is 0. The largest absolute Gasteiger partial charge is 0.493 e. The summed E-state index contributed by atoms with van der Waals surface area (Å²) < 4.78 is 10.8. The molecule has 31 heavy (non-hydrogen) atoms. The van der Waals surface area contributed by atoms with Gasteiger partial charge in [-0.15, -0.1) is 0 Å². The van der Waals surface area contributed by atoms with Crippen molar-refractivity contribution in [2.24, 2.45) is 0 Å². The zero-order chi connectivity index (χ0) is 22.2. The predicted molar refractivity (Wildman–Crippen MR) is 115 cm³/mol. The van der Waals surface area contributed by atoms with Crippen molar-refractivity contribution in [2.75, 3.05) is 19.0 Å². The van der Waals surface area contributed by atoms with E-state index >= 15 is 0 Å². The van der Waals surface area contributed by atoms with Gasteiger partial charge in [0.25, 0.3) is 11.8 Å². The summed E-state index contributed by atoms with van der Waals surface area (Å²) in [4.78, 5) is 41.1. The van der Waals surface area contributed by atoms with Gasteiger partial charge in [-0.25, -0.2) is 0 Å². The van der Waals surface area contributed by atoms with Crippen LogP contribution in [0.5, 0.6) is 11.5 Å². The van der Waals surface area contributed by atoms with Crippen LogP contribution in [0.25, 0.3) is 0 Å². The lowest BCUT2D eigenvalue weighted by Gasteiger charge is -2.22. The average Bonchev–Trinajstić information content (AvgIpc) is 2.79. The van der Waals surface area contributed by atoms with E-state index in [0.29, 0.717) is 11.4 Å². The number of aryl methyl sites for hydroxylation is 1. The number of ketones is 1. The van der Waals surface area contributed by atoms with Crippen molar-refractivity contribution >= 4 is 23.3 Å². The van der Waals surface area contributed by atoms with Crippen LogP contribution in [-0.2, 0) is 9.59 Å². The lowest BCUT2D eigenvalue weighted by molar-refractivity contribution is -0.118. The molecule has 2 aromatic rings. The Morgan fingerprint density at radius 2 is 1.84 bits per heavy atom. The van der Waals surface area contributed by atoms with Gasteiger partial charge in [-0.2, -0.15) is 0 Å². The Hall–Kier alpha value is -3.42. The second-order valence-corrected chi connectivity index (χ2v) is 7.53. The van der Waals surface area contributed by atoms with E-state index in [0.717, 1.165) is 31.4 Å². The summed E-state index contributed by atoms with van der Waals surface area (Å²) in [5.74, 6) is -1.04. The van der Waals surface area contributed by atoms with Crippen LogP contribution in [0, 0.1) is 6.92 Å². The van der Waals surface area contributed by atoms with E-state index in [4.69, 9.17) is 9.47 Å². The molecule has 2 amide bonds. The van der Waals surface area contributed by atoms with Crippen LogP contribution in [0.15, 0.2) is 36.5 Å². The Balaban J connectivity index is 1.58. The molecule has 0 aliphatic heterocycles. The fourth-order valence-corrected chi connectivity index (χ4v) is 3.44. The van der Waals surface area contributed by atoms with E-state index in [1.54, 1.807) is 18.3 Å². The molecule has 164 valence electrons. The smallest absolute Gasteiger partial charge is 0.292 e. The van der Waals surface area contributed by atoms with Gasteiger partial charge in [0.15, 0.2) is 18.1 Å². The summed E-state index contributed by atoms with van der Waals surface area (Å²) in [6.45, 7) is 1.61. The highest BCUT2D eigenvalue weighted by molar-refractivity contribution is 6.42. The highest BCUT2D eigenvalue weighted by Crippen LogP contribution is 2.28. The van der Waals surface area contributed by atoms with Crippen molar-refractivity contribution in [3.63, 3.8) is 0 Å². The predicted octanol–water partition coefficient (Wildman–Crippen LogP) is 3.05. The minimum atomic E-state index is -0.625. The van der Waals surface area contributed by atoms with E-state index < -0.39 is 11.7 Å². The molecule has 0 atom stereocenters. The van der Waals surface area contributed by atoms with Crippen molar-refractivity contribution in [1.29, 1.82) is 0 Å². The molecule has 1 aromatic heterocycles. The van der Waals surface area contributed by atoms with Crippen LogP contribution in [-0.4, -0.2) is 42.3 Å². The first-order valence-electron chi connectivity index (χ1n) is 10.3. The van der Waals surface area contributed by atoms with Crippen molar-refractivity contribution in [1.82, 2.24) is 10.3 Å². The highest BCUT2D eigenvalue weighted by Gasteiger charge is 2.22. The second-order valence-electron chi connectivity index (χ2n) is 7.53. The lowest BCUT2D eigenvalue weighted by Crippen LogP contribution is -2.40. The monoisotopic (exact) mass is 425 g/mol. The SMILES string of the molecule is COc1cc(C(=O)C(=O)NC2CCCCC2)ccc1OCC(=O)Nc1ccc(C)nc1. The van der Waals surface area contributed by atoms with Gasteiger partial charge in [0.2, 0.25) is 5.78 Å². The summed E-state index contributed by atoms with van der Waals surface area (Å²) in [7, 11) is 1.43. The van der Waals surface area contributed by atoms with Gasteiger partial charge < -0.3 is 20.1 Å². The maximum atomic E-state index is 12.5. The van der Waals surface area contributed by atoms with Crippen molar-refractivity contribution < 1.29 is 23.9 Å². The average molecular weight is 425 g/mol. The molecular weight excluding hydrogens is 398 g/mol. The summed E-state index contributed by atoms with van der Waals surface area (Å²) in [5, 5.41) is 5.50. The van der Waals surface area contributed by atoms with Crippen LogP contribution < -0.4 is 20.1 Å². The Morgan fingerprint density at radius 1 is 1.06 bits per heavy atom. The number of carbonyl (C=O) groups is 3. The molecule has 1 fully saturated rings. The van der Waals surface area contributed by atoms with Crippen LogP contribution in [0.1, 0.15) is 48.2 Å². The van der Waals surface area contributed by atoms with E-state index in [2.05, 4.69) is 15.6 Å². The number of anilines is 1. The third kappa shape index (κ3) is 6.28. The van der Waals surface area contributed by atoms with E-state index in [1.807, 2.05) is 6.92 Å². The molecule has 1 aromatic carbocycles. The van der Waals surface area contributed by atoms with E-state index in [1.165, 1.54) is 31.7 Å². The van der Waals surface area contributed by atoms with E-state index in [9.17, 15) is 14.4 Å². The Labute approximate surface area is 181 Å². The maximum absolute atomic E-state index is 12.5. The standard InChI is InChI=1S/C23H27N3O5/c1-15-8-10-18(13-24-15)25-21(27)14-31-19-11-9-16(12-20(19)30-2)22(28)23(29)26-17-6-4-3-5-7-17/h8-13,17H,3-7,14H2,1-2H3,(H,25,27)(H,26,29). The Morgan fingerprint density at radius 3 is 2.52 bits per heavy atom. The third-order valence-corrected chi connectivity index (χ3v) is 5.13. The second kappa shape index (κ2) is 10.6. The van der Waals surface area contributed by atoms with Gasteiger partial charge in [0.1, 0.15) is 0 Å². The zero-order valence-electron chi connectivity index (χ0n) is 17.8. The van der Waals surface area contributed by atoms with Crippen molar-refractivity contribution in [2.45, 2.75) is 45.1 Å². The molecule has 3 rings (SSSR count). The fourth-order valence-electron chi connectivity index (χ4n) is 3.44. The van der Waals surface area contributed by atoms with Gasteiger partial charge in [0.05, 0.1) is 19.0 Å². The maximum Gasteiger partial charge on any atom is 0.292 e. The van der Waals surface area contributed by atoms with Gasteiger partial charge >= 0.3 is 0 Å². The van der Waals surface area contributed by atoms with Gasteiger partial charge in [0, 0.05) is 17.3 Å². The number of aromatic nitrogens is 1. The van der Waals surface area contributed by atoms with Crippen LogP contribution in [0.3, 0.4) is 0 Å². The molecule has 0 radical (unpaired) electrons. The summed E-state index contributed by atoms with van der Waals surface area (Å²) in [6.07, 6.45) is 6.65. The minimum absolute atomic E-state index is 0.0527. The molecule has 0 saturated heterocycles. The highest BCUT2D eigenvalue weighted by atomic mass is 16.5. The first-order chi connectivity index (χ1) is 15.0. The number of hydrogen-bond acceptors (Lipinski definition) is 6. The van der Waals surface area contributed by atoms with Crippen molar-refractivity contribution in [3.05, 3.63) is 47.8 Å². The molecule has 8 nitrogen and oxygen atoms in total. The Bertz CT molecular complexity index is 937. The molecule has 0 spiro atoms. The molecule has 0 bridgehead atoms. The van der Waals surface area contributed by atoms with Crippen LogP contribution >= 0.6 is 0 Å². The molecular formula is C23H27N3O5. The number of carbonyl (C=O) groups excluding carboxylic acids is 3. The number of Topliss-reactive ketones (excluding diaryl/α,β-unsaturated/α-hetero) is 1. The van der Waals surface area contributed by atoms with Crippen molar-refractivity contribution in [3.8, 4) is 11.5 Å². The summed E-state index contributed by atoms with van der Waals surface area (Å²) in [5.41, 5.74) is 1.62. The Kier molecular flexibility index (Phi) is 7.59. The molecule has 1 aliphatic carbocycles. The fraction of sp³-hybridized carbons (Fsp3) is 0.391. The normalized spacial score (nSPS) is 13.9. The number of amides is 2. The molecule has 8 heteroatoms. The summed E-state index contributed by atoms with van der Waals surface area (Å²) in [6, 6.07) is 8.04. The van der Waals surface area contributed by atoms with Gasteiger partial charge in [-0.1, -0.05) is 19.3 Å². The van der Waals surface area contributed by atoms with Gasteiger partial charge in [-0.3, -0.25) is 19.4 Å². The van der Waals surface area contributed by atoms with Crippen LogP contribution in [0.4, 0.5) is 5.69 Å². The van der Waals surface area contributed by atoms with Gasteiger partial charge in [-0.05, 0) is 50.1 Å². The molecule has 2 N–H and O–H groups in total. The quantitative estimate of drug-likeness (QED) is 0.497. The number of pyridine rings is 1. The molecule has 1 heterocycles. The number of benzene rings is 1. The third-order valence-electron chi connectivity index (χ3n) is 5.13. The number of methoxy groups -OCH3 is 1. The topological polar surface area (TPSA) is 107 Å². The number of hydrogen-bond donors (Lipinski definition) is 2. The number of nitrogens with zero attached hydrogens (tertiary/aromatic N) is 1. The first-order valence-corrected chi connectivity index (χ1v) is 10.3. The molecule has 1 saturated carbocycles.